The molecule has 2 aromatic rings. The average molecular weight is 227 g/mol. The molecule has 0 fully saturated rings. The minimum Gasteiger partial charge on any atom is -0.469 e. The summed E-state index contributed by atoms with van der Waals surface area (Å²) < 4.78 is 5.51. The predicted octanol–water partition coefficient (Wildman–Crippen LogP) is 4.08. The third kappa shape index (κ3) is 2.07. The maximum absolute atomic E-state index is 5.51. The van der Waals surface area contributed by atoms with E-state index in [0.717, 1.165) is 12.2 Å². The van der Waals surface area contributed by atoms with E-state index in [1.54, 1.807) is 6.26 Å². The second-order valence-electron chi connectivity index (χ2n) is 4.76. The van der Waals surface area contributed by atoms with E-state index >= 15 is 0 Å². The van der Waals surface area contributed by atoms with Gasteiger partial charge < -0.3 is 9.73 Å². The lowest BCUT2D eigenvalue weighted by atomic mass is 9.93. The van der Waals surface area contributed by atoms with Crippen molar-refractivity contribution in [1.29, 1.82) is 0 Å². The van der Waals surface area contributed by atoms with Crippen LogP contribution in [0.1, 0.15) is 35.8 Å². The molecule has 0 bridgehead atoms. The third-order valence-electron chi connectivity index (χ3n) is 3.41. The molecule has 1 aromatic carbocycles. The Morgan fingerprint density at radius 1 is 1.29 bits per heavy atom. The van der Waals surface area contributed by atoms with Gasteiger partial charge in [-0.1, -0.05) is 12.1 Å². The largest absolute Gasteiger partial charge is 0.469 e. The van der Waals surface area contributed by atoms with E-state index in [1.807, 2.05) is 0 Å². The van der Waals surface area contributed by atoms with Crippen LogP contribution < -0.4 is 5.32 Å². The molecule has 2 heteroatoms. The van der Waals surface area contributed by atoms with E-state index in [2.05, 4.69) is 42.6 Å². The molecule has 17 heavy (non-hydrogen) atoms. The predicted molar refractivity (Wildman–Crippen MR) is 69.2 cm³/mol. The van der Waals surface area contributed by atoms with Gasteiger partial charge >= 0.3 is 0 Å². The van der Waals surface area contributed by atoms with Gasteiger partial charge in [-0.25, -0.2) is 0 Å². The molecule has 1 N–H and O–H groups in total. The Kier molecular flexibility index (Phi) is 2.63. The Bertz CT molecular complexity index is 515. The van der Waals surface area contributed by atoms with Crippen molar-refractivity contribution in [3.05, 3.63) is 53.5 Å². The molecule has 1 heterocycles. The summed E-state index contributed by atoms with van der Waals surface area (Å²) >= 11 is 0. The smallest absolute Gasteiger partial charge is 0.109 e. The van der Waals surface area contributed by atoms with Crippen LogP contribution in [-0.4, -0.2) is 0 Å². The number of hydrogen-bond donors (Lipinski definition) is 1. The van der Waals surface area contributed by atoms with Crippen LogP contribution in [0.3, 0.4) is 0 Å². The maximum atomic E-state index is 5.51. The molecule has 0 amide bonds. The molecular weight excluding hydrogens is 210 g/mol. The topological polar surface area (TPSA) is 25.2 Å². The summed E-state index contributed by atoms with van der Waals surface area (Å²) in [5.74, 6) is 1.15. The SMILES string of the molecule is Cc1cccc(NC2CCCc3occc32)c1. The molecule has 0 saturated carbocycles. The minimum absolute atomic E-state index is 0.402. The summed E-state index contributed by atoms with van der Waals surface area (Å²) in [4.78, 5) is 0. The van der Waals surface area contributed by atoms with Crippen molar-refractivity contribution in [1.82, 2.24) is 0 Å². The number of aryl methyl sites for hydroxylation is 2. The van der Waals surface area contributed by atoms with Gasteiger partial charge in [-0.05, 0) is 43.5 Å². The lowest BCUT2D eigenvalue weighted by molar-refractivity contribution is 0.461. The molecular formula is C15H17NO. The van der Waals surface area contributed by atoms with E-state index < -0.39 is 0 Å². The second-order valence-corrected chi connectivity index (χ2v) is 4.76. The first-order valence-corrected chi connectivity index (χ1v) is 6.22. The number of benzene rings is 1. The Labute approximate surface area is 102 Å². The van der Waals surface area contributed by atoms with Crippen molar-refractivity contribution < 1.29 is 4.42 Å². The maximum Gasteiger partial charge on any atom is 0.109 e. The van der Waals surface area contributed by atoms with Gasteiger partial charge in [0.15, 0.2) is 0 Å². The van der Waals surface area contributed by atoms with Gasteiger partial charge in [-0.3, -0.25) is 0 Å². The van der Waals surface area contributed by atoms with Gasteiger partial charge in [-0.15, -0.1) is 0 Å². The highest BCUT2D eigenvalue weighted by atomic mass is 16.3. The second kappa shape index (κ2) is 4.28. The Morgan fingerprint density at radius 3 is 3.12 bits per heavy atom. The van der Waals surface area contributed by atoms with Crippen LogP contribution in [0.4, 0.5) is 5.69 Å². The van der Waals surface area contributed by atoms with Gasteiger partial charge in [0.05, 0.1) is 12.3 Å². The molecule has 1 aliphatic carbocycles. The third-order valence-corrected chi connectivity index (χ3v) is 3.41. The highest BCUT2D eigenvalue weighted by Gasteiger charge is 2.22. The molecule has 1 aliphatic rings. The van der Waals surface area contributed by atoms with E-state index in [4.69, 9.17) is 4.42 Å². The zero-order valence-electron chi connectivity index (χ0n) is 10.1. The number of furan rings is 1. The van der Waals surface area contributed by atoms with Crippen LogP contribution >= 0.6 is 0 Å². The monoisotopic (exact) mass is 227 g/mol. The molecule has 3 rings (SSSR count). The molecule has 88 valence electrons. The number of hydrogen-bond acceptors (Lipinski definition) is 2. The van der Waals surface area contributed by atoms with Crippen LogP contribution in [0.25, 0.3) is 0 Å². The Balaban J connectivity index is 1.84. The molecule has 0 spiro atoms. The van der Waals surface area contributed by atoms with Crippen LogP contribution in [0, 0.1) is 6.92 Å². The zero-order chi connectivity index (χ0) is 11.7. The number of nitrogens with one attached hydrogen (secondary N) is 1. The van der Waals surface area contributed by atoms with Crippen molar-refractivity contribution in [3.63, 3.8) is 0 Å². The van der Waals surface area contributed by atoms with Gasteiger partial charge in [0.25, 0.3) is 0 Å². The van der Waals surface area contributed by atoms with Crippen LogP contribution in [0.2, 0.25) is 0 Å². The lowest BCUT2D eigenvalue weighted by Gasteiger charge is -2.23. The fraction of sp³-hybridized carbons (Fsp3) is 0.333. The van der Waals surface area contributed by atoms with Crippen LogP contribution in [0.15, 0.2) is 41.0 Å². The molecule has 0 aliphatic heterocycles. The fourth-order valence-electron chi connectivity index (χ4n) is 2.57. The van der Waals surface area contributed by atoms with E-state index in [1.165, 1.54) is 29.7 Å². The van der Waals surface area contributed by atoms with Crippen molar-refractivity contribution >= 4 is 5.69 Å². The molecule has 1 aromatic heterocycles. The minimum atomic E-state index is 0.402. The first-order chi connectivity index (χ1) is 8.33. The van der Waals surface area contributed by atoms with E-state index in [-0.39, 0.29) is 0 Å². The fourth-order valence-corrected chi connectivity index (χ4v) is 2.57. The quantitative estimate of drug-likeness (QED) is 0.836. The molecule has 0 saturated heterocycles. The number of anilines is 1. The van der Waals surface area contributed by atoms with Gasteiger partial charge in [0.2, 0.25) is 0 Å². The van der Waals surface area contributed by atoms with Gasteiger partial charge in [0, 0.05) is 17.7 Å². The molecule has 2 nitrogen and oxygen atoms in total. The normalized spacial score (nSPS) is 18.8. The molecule has 1 unspecified atom stereocenters. The highest BCUT2D eigenvalue weighted by molar-refractivity contribution is 5.48. The average Bonchev–Trinajstić information content (AvgIpc) is 2.78. The van der Waals surface area contributed by atoms with E-state index in [9.17, 15) is 0 Å². The van der Waals surface area contributed by atoms with Crippen molar-refractivity contribution in [2.75, 3.05) is 5.32 Å². The summed E-state index contributed by atoms with van der Waals surface area (Å²) in [6.45, 7) is 2.12. The van der Waals surface area contributed by atoms with Crippen molar-refractivity contribution in [2.45, 2.75) is 32.2 Å². The van der Waals surface area contributed by atoms with E-state index in [0.29, 0.717) is 6.04 Å². The summed E-state index contributed by atoms with van der Waals surface area (Å²) in [7, 11) is 0. The van der Waals surface area contributed by atoms with Crippen LogP contribution in [0.5, 0.6) is 0 Å². The zero-order valence-corrected chi connectivity index (χ0v) is 10.1. The highest BCUT2D eigenvalue weighted by Crippen LogP contribution is 2.33. The number of rotatable bonds is 2. The summed E-state index contributed by atoms with van der Waals surface area (Å²) in [6, 6.07) is 11.0. The lowest BCUT2D eigenvalue weighted by Crippen LogP contribution is -2.15. The van der Waals surface area contributed by atoms with Gasteiger partial charge in [0.1, 0.15) is 5.76 Å². The van der Waals surface area contributed by atoms with Gasteiger partial charge in [-0.2, -0.15) is 0 Å². The summed E-state index contributed by atoms with van der Waals surface area (Å²) in [5.41, 5.74) is 3.82. The number of fused-ring (bicyclic) bond motifs is 1. The first-order valence-electron chi connectivity index (χ1n) is 6.22. The molecule has 0 radical (unpaired) electrons. The Morgan fingerprint density at radius 2 is 2.24 bits per heavy atom. The Hall–Kier alpha value is -1.70. The summed E-state index contributed by atoms with van der Waals surface area (Å²) in [5, 5.41) is 3.60. The summed E-state index contributed by atoms with van der Waals surface area (Å²) in [6.07, 6.45) is 5.26. The van der Waals surface area contributed by atoms with Crippen molar-refractivity contribution in [3.8, 4) is 0 Å². The first kappa shape index (κ1) is 10.5. The molecule has 1 atom stereocenters. The van der Waals surface area contributed by atoms with Crippen LogP contribution in [-0.2, 0) is 6.42 Å². The van der Waals surface area contributed by atoms with Crippen molar-refractivity contribution in [2.24, 2.45) is 0 Å². The standard InChI is InChI=1S/C15H17NO/c1-11-4-2-5-12(10-11)16-14-6-3-7-15-13(14)8-9-17-15/h2,4-5,8-10,14,16H,3,6-7H2,1H3.